The van der Waals surface area contributed by atoms with Crippen LogP contribution in [0.4, 0.5) is 4.79 Å². The first-order valence-corrected chi connectivity index (χ1v) is 4.58. The molecule has 1 saturated heterocycles. The van der Waals surface area contributed by atoms with Crippen molar-refractivity contribution in [3.8, 4) is 23.7 Å². The van der Waals surface area contributed by atoms with E-state index in [1.165, 1.54) is 0 Å². The van der Waals surface area contributed by atoms with Gasteiger partial charge in [0.15, 0.2) is 0 Å². The molecular formula is C11H14N2O. The van der Waals surface area contributed by atoms with E-state index in [0.717, 1.165) is 0 Å². The normalized spacial score (nSPS) is 16.9. The number of amides is 2. The van der Waals surface area contributed by atoms with Crippen LogP contribution < -0.4 is 10.6 Å². The minimum Gasteiger partial charge on any atom is -0.336 e. The molecule has 0 aromatic rings. The number of hydrogen-bond donors (Lipinski definition) is 2. The number of carbonyl (C=O) groups is 1. The third kappa shape index (κ3) is 2.44. The summed E-state index contributed by atoms with van der Waals surface area (Å²) < 4.78 is 0. The van der Waals surface area contributed by atoms with Gasteiger partial charge in [0.2, 0.25) is 0 Å². The van der Waals surface area contributed by atoms with Gasteiger partial charge in [0, 0.05) is 19.4 Å². The van der Waals surface area contributed by atoms with Crippen molar-refractivity contribution in [2.45, 2.75) is 32.2 Å². The molecule has 1 fully saturated rings. The maximum absolute atomic E-state index is 11.1. The van der Waals surface area contributed by atoms with Crippen LogP contribution >= 0.6 is 0 Å². The Balaban J connectivity index is 2.70. The third-order valence-corrected chi connectivity index (χ3v) is 2.17. The maximum atomic E-state index is 11.1. The monoisotopic (exact) mass is 190 g/mol. The number of rotatable bonds is 2. The molecule has 1 aliphatic heterocycles. The zero-order chi connectivity index (χ0) is 10.4. The van der Waals surface area contributed by atoms with E-state index >= 15 is 0 Å². The Morgan fingerprint density at radius 2 is 1.86 bits per heavy atom. The fourth-order valence-corrected chi connectivity index (χ4v) is 1.37. The van der Waals surface area contributed by atoms with Crippen molar-refractivity contribution in [2.75, 3.05) is 6.54 Å². The van der Waals surface area contributed by atoms with E-state index in [9.17, 15) is 4.79 Å². The molecule has 0 unspecified atom stereocenters. The van der Waals surface area contributed by atoms with Gasteiger partial charge in [-0.15, -0.1) is 23.7 Å². The van der Waals surface area contributed by atoms with Crippen LogP contribution in [0.1, 0.15) is 26.7 Å². The van der Waals surface area contributed by atoms with Crippen molar-refractivity contribution >= 4 is 6.03 Å². The average Bonchev–Trinajstić information content (AvgIpc) is 2.55. The zero-order valence-corrected chi connectivity index (χ0v) is 8.53. The van der Waals surface area contributed by atoms with Crippen molar-refractivity contribution in [1.82, 2.24) is 10.6 Å². The number of hydrogen-bond acceptors (Lipinski definition) is 1. The lowest BCUT2D eigenvalue weighted by Crippen LogP contribution is -2.42. The van der Waals surface area contributed by atoms with Gasteiger partial charge in [-0.1, -0.05) is 0 Å². The highest BCUT2D eigenvalue weighted by atomic mass is 16.2. The van der Waals surface area contributed by atoms with Gasteiger partial charge in [-0.05, 0) is 13.8 Å². The van der Waals surface area contributed by atoms with Crippen molar-refractivity contribution < 1.29 is 4.79 Å². The van der Waals surface area contributed by atoms with Gasteiger partial charge in [0.1, 0.15) is 0 Å². The first-order valence-electron chi connectivity index (χ1n) is 4.58. The van der Waals surface area contributed by atoms with Gasteiger partial charge in [-0.2, -0.15) is 0 Å². The maximum Gasteiger partial charge on any atom is 0.315 e. The molecule has 3 nitrogen and oxygen atoms in total. The fourth-order valence-electron chi connectivity index (χ4n) is 1.37. The van der Waals surface area contributed by atoms with Gasteiger partial charge < -0.3 is 10.6 Å². The van der Waals surface area contributed by atoms with Gasteiger partial charge in [0.05, 0.1) is 5.54 Å². The number of carbonyl (C=O) groups excluding carboxylic acids is 1. The Hall–Kier alpha value is -1.61. The number of nitrogens with one attached hydrogen (secondary N) is 2. The predicted octanol–water partition coefficient (Wildman–Crippen LogP) is 0.865. The van der Waals surface area contributed by atoms with Crippen molar-refractivity contribution in [2.24, 2.45) is 0 Å². The summed E-state index contributed by atoms with van der Waals surface area (Å²) in [6.45, 7) is 4.20. The third-order valence-electron chi connectivity index (χ3n) is 2.17. The molecule has 14 heavy (non-hydrogen) atoms. The second-order valence-corrected chi connectivity index (χ2v) is 3.30. The van der Waals surface area contributed by atoms with Crippen LogP contribution in [0.25, 0.3) is 0 Å². The highest BCUT2D eigenvalue weighted by Crippen LogP contribution is 2.17. The lowest BCUT2D eigenvalue weighted by Gasteiger charge is -2.22. The molecule has 0 aliphatic carbocycles. The second kappa shape index (κ2) is 4.58. The second-order valence-electron chi connectivity index (χ2n) is 3.30. The van der Waals surface area contributed by atoms with E-state index in [4.69, 9.17) is 0 Å². The van der Waals surface area contributed by atoms with Gasteiger partial charge in [0.25, 0.3) is 0 Å². The molecule has 1 heterocycles. The molecule has 0 saturated carbocycles. The Morgan fingerprint density at radius 1 is 1.29 bits per heavy atom. The zero-order valence-electron chi connectivity index (χ0n) is 8.53. The summed E-state index contributed by atoms with van der Waals surface area (Å²) in [5.74, 6) is 11.6. The molecule has 2 amide bonds. The van der Waals surface area contributed by atoms with E-state index < -0.39 is 0 Å². The Kier molecular flexibility index (Phi) is 3.42. The summed E-state index contributed by atoms with van der Waals surface area (Å²) in [6, 6.07) is -0.124. The van der Waals surface area contributed by atoms with Crippen molar-refractivity contribution in [3.05, 3.63) is 0 Å². The Bertz CT molecular complexity index is 316. The SMILES string of the molecule is CC#CCC1(CC#CC)CNC(=O)N1. The summed E-state index contributed by atoms with van der Waals surface area (Å²) in [5, 5.41) is 5.62. The lowest BCUT2D eigenvalue weighted by atomic mass is 9.93. The molecular weight excluding hydrogens is 176 g/mol. The Morgan fingerprint density at radius 3 is 2.21 bits per heavy atom. The Labute approximate surface area is 84.6 Å². The van der Waals surface area contributed by atoms with E-state index in [1.807, 2.05) is 0 Å². The molecule has 0 aromatic carbocycles. The summed E-state index contributed by atoms with van der Waals surface area (Å²) in [6.07, 6.45) is 1.30. The topological polar surface area (TPSA) is 41.1 Å². The van der Waals surface area contributed by atoms with Crippen molar-refractivity contribution in [3.63, 3.8) is 0 Å². The van der Waals surface area contributed by atoms with Gasteiger partial charge in [-0.3, -0.25) is 0 Å². The summed E-state index contributed by atoms with van der Waals surface area (Å²) in [4.78, 5) is 11.1. The van der Waals surface area contributed by atoms with Crippen LogP contribution in [0, 0.1) is 23.7 Å². The minimum absolute atomic E-state index is 0.124. The standard InChI is InChI=1S/C11H14N2O/c1-3-5-7-11(8-6-4-2)9-12-10(14)13-11/h7-9H2,1-2H3,(H2,12,13,14). The van der Waals surface area contributed by atoms with Crippen LogP contribution in [0.2, 0.25) is 0 Å². The molecule has 1 rings (SSSR count). The molecule has 3 heteroatoms. The highest BCUT2D eigenvalue weighted by molar-refractivity contribution is 5.77. The molecule has 0 bridgehead atoms. The number of urea groups is 1. The highest BCUT2D eigenvalue weighted by Gasteiger charge is 2.35. The van der Waals surface area contributed by atoms with Crippen LogP contribution in [0.3, 0.4) is 0 Å². The molecule has 0 spiro atoms. The first-order chi connectivity index (χ1) is 6.72. The lowest BCUT2D eigenvalue weighted by molar-refractivity contribution is 0.244. The molecule has 74 valence electrons. The van der Waals surface area contributed by atoms with Crippen LogP contribution in [-0.4, -0.2) is 18.1 Å². The van der Waals surface area contributed by atoms with E-state index in [0.29, 0.717) is 19.4 Å². The average molecular weight is 190 g/mol. The van der Waals surface area contributed by atoms with E-state index in [2.05, 4.69) is 34.3 Å². The van der Waals surface area contributed by atoms with Gasteiger partial charge in [-0.25, -0.2) is 4.79 Å². The first kappa shape index (κ1) is 10.5. The van der Waals surface area contributed by atoms with E-state index in [1.54, 1.807) is 13.8 Å². The summed E-state index contributed by atoms with van der Waals surface area (Å²) in [7, 11) is 0. The molecule has 1 aliphatic rings. The summed E-state index contributed by atoms with van der Waals surface area (Å²) >= 11 is 0. The largest absolute Gasteiger partial charge is 0.336 e. The minimum atomic E-state index is -0.289. The predicted molar refractivity (Wildman–Crippen MR) is 55.4 cm³/mol. The van der Waals surface area contributed by atoms with Gasteiger partial charge >= 0.3 is 6.03 Å². The summed E-state index contributed by atoms with van der Waals surface area (Å²) in [5.41, 5.74) is -0.289. The molecule has 0 radical (unpaired) electrons. The quantitative estimate of drug-likeness (QED) is 0.623. The smallest absolute Gasteiger partial charge is 0.315 e. The van der Waals surface area contributed by atoms with Crippen LogP contribution in [0.15, 0.2) is 0 Å². The molecule has 0 aromatic heterocycles. The molecule has 2 N–H and O–H groups in total. The molecule has 0 atom stereocenters. The fraction of sp³-hybridized carbons (Fsp3) is 0.545. The van der Waals surface area contributed by atoms with E-state index in [-0.39, 0.29) is 11.6 Å². The van der Waals surface area contributed by atoms with Crippen molar-refractivity contribution in [1.29, 1.82) is 0 Å². The van der Waals surface area contributed by atoms with Crippen LogP contribution in [0.5, 0.6) is 0 Å². The van der Waals surface area contributed by atoms with Crippen LogP contribution in [-0.2, 0) is 0 Å².